The van der Waals surface area contributed by atoms with E-state index >= 15 is 0 Å². The first kappa shape index (κ1) is 34.3. The highest BCUT2D eigenvalue weighted by Crippen LogP contribution is 2.33. The highest BCUT2D eigenvalue weighted by atomic mass is 33.1. The van der Waals surface area contributed by atoms with Crippen molar-refractivity contribution in [2.45, 2.75) is 52.0 Å². The quantitative estimate of drug-likeness (QED) is 0.114. The predicted octanol–water partition coefficient (Wildman–Crippen LogP) is 3.00. The molecule has 0 aromatic heterocycles. The lowest BCUT2D eigenvalue weighted by Crippen LogP contribution is -2.50. The molecule has 0 aliphatic heterocycles. The van der Waals surface area contributed by atoms with Gasteiger partial charge in [0.1, 0.15) is 12.6 Å². The van der Waals surface area contributed by atoms with Crippen LogP contribution in [0.3, 0.4) is 0 Å². The third-order valence-corrected chi connectivity index (χ3v) is 9.23. The number of ether oxygens (including phenoxy) is 1. The van der Waals surface area contributed by atoms with Crippen molar-refractivity contribution in [3.05, 3.63) is 35.9 Å². The largest absolute Gasteiger partial charge is 0.447 e. The van der Waals surface area contributed by atoms with Crippen molar-refractivity contribution in [1.82, 2.24) is 15.5 Å². The van der Waals surface area contributed by atoms with Crippen LogP contribution in [0.2, 0.25) is 0 Å². The molecule has 6 N–H and O–H groups in total. The molecule has 11 nitrogen and oxygen atoms in total. The lowest BCUT2D eigenvalue weighted by Gasteiger charge is -2.31. The van der Waals surface area contributed by atoms with E-state index in [1.54, 1.807) is 24.9 Å². The third-order valence-electron chi connectivity index (χ3n) is 6.85. The van der Waals surface area contributed by atoms with E-state index in [1.807, 2.05) is 30.3 Å². The maximum absolute atomic E-state index is 13.1. The summed E-state index contributed by atoms with van der Waals surface area (Å²) in [6.45, 7) is 5.08. The van der Waals surface area contributed by atoms with Gasteiger partial charge >= 0.3 is 6.09 Å². The van der Waals surface area contributed by atoms with Gasteiger partial charge in [-0.3, -0.25) is 9.59 Å². The molecule has 2 rings (SSSR count). The Hall–Kier alpha value is -2.93. The molecule has 1 aliphatic carbocycles. The van der Waals surface area contributed by atoms with Gasteiger partial charge in [0.05, 0.1) is 0 Å². The second-order valence-electron chi connectivity index (χ2n) is 10.5. The lowest BCUT2D eigenvalue weighted by molar-refractivity contribution is -0.132. The molecule has 1 saturated carbocycles. The fraction of sp³-hybridized carbons (Fsp3) is 0.607. The summed E-state index contributed by atoms with van der Waals surface area (Å²) in [7, 11) is 6.43. The average Bonchev–Trinajstić information content (AvgIpc) is 2.94. The third kappa shape index (κ3) is 13.5. The van der Waals surface area contributed by atoms with Gasteiger partial charge in [0.25, 0.3) is 0 Å². The van der Waals surface area contributed by atoms with Crippen LogP contribution in [0, 0.1) is 17.8 Å². The van der Waals surface area contributed by atoms with E-state index < -0.39 is 12.1 Å². The van der Waals surface area contributed by atoms with Gasteiger partial charge in [0.15, 0.2) is 5.96 Å². The maximum atomic E-state index is 13.1. The summed E-state index contributed by atoms with van der Waals surface area (Å²) >= 11 is 0. The van der Waals surface area contributed by atoms with Crippen LogP contribution in [0.15, 0.2) is 40.3 Å². The molecular formula is C28H45N7O4S2. The van der Waals surface area contributed by atoms with Crippen molar-refractivity contribution >= 4 is 51.4 Å². The zero-order chi connectivity index (χ0) is 30.2. The minimum atomic E-state index is -0.838. The monoisotopic (exact) mass is 607 g/mol. The van der Waals surface area contributed by atoms with E-state index in [1.165, 1.54) is 15.7 Å². The van der Waals surface area contributed by atoms with Gasteiger partial charge in [-0.05, 0) is 43.1 Å². The van der Waals surface area contributed by atoms with Gasteiger partial charge in [-0.1, -0.05) is 65.8 Å². The molecule has 3 amide bonds. The van der Waals surface area contributed by atoms with E-state index in [2.05, 4.69) is 34.5 Å². The fourth-order valence-corrected chi connectivity index (χ4v) is 6.12. The molecule has 1 aromatic carbocycles. The Balaban J connectivity index is 1.73. The van der Waals surface area contributed by atoms with Crippen LogP contribution in [0.5, 0.6) is 0 Å². The molecule has 0 saturated heterocycles. The number of carbonyl (C=O) groups is 3. The molecule has 0 bridgehead atoms. The van der Waals surface area contributed by atoms with E-state index in [0.29, 0.717) is 36.3 Å². The summed E-state index contributed by atoms with van der Waals surface area (Å²) in [6, 6.07) is 9.09. The van der Waals surface area contributed by atoms with Gasteiger partial charge in [-0.25, -0.2) is 4.79 Å². The number of carbonyl (C=O) groups excluding carboxylic acids is 3. The molecule has 0 radical (unpaired) electrons. The number of hydrogen-bond donors (Lipinski definition) is 4. The number of amides is 3. The Morgan fingerprint density at radius 3 is 2.32 bits per heavy atom. The van der Waals surface area contributed by atoms with Crippen molar-refractivity contribution in [3.8, 4) is 0 Å². The van der Waals surface area contributed by atoms with Crippen LogP contribution < -0.4 is 22.1 Å². The van der Waals surface area contributed by atoms with Gasteiger partial charge in [0.2, 0.25) is 17.8 Å². The normalized spacial score (nSPS) is 18.5. The molecular weight excluding hydrogens is 562 g/mol. The first-order valence-corrected chi connectivity index (χ1v) is 16.4. The molecule has 228 valence electrons. The van der Waals surface area contributed by atoms with E-state index in [0.717, 1.165) is 31.2 Å². The number of hydrogen-bond acceptors (Lipinski definition) is 6. The summed E-state index contributed by atoms with van der Waals surface area (Å²) in [5.41, 5.74) is 12.2. The van der Waals surface area contributed by atoms with Crippen LogP contribution >= 0.6 is 21.6 Å². The SMILES string of the molecule is CC(C)C1CCC(C(=O)NC(Cc2ccccc2)C(=O)NCCSSCCOC(=O)/N=C(N)/N=C(\N)N(C)C)CC1. The van der Waals surface area contributed by atoms with Crippen LogP contribution in [-0.4, -0.2) is 79.5 Å². The van der Waals surface area contributed by atoms with Gasteiger partial charge in [0, 0.05) is 44.5 Å². The van der Waals surface area contributed by atoms with Crippen LogP contribution in [0.25, 0.3) is 0 Å². The number of nitrogens with two attached hydrogens (primary N) is 2. The molecule has 1 unspecified atom stereocenters. The zero-order valence-electron chi connectivity index (χ0n) is 24.5. The fourth-order valence-electron chi connectivity index (χ4n) is 4.38. The lowest BCUT2D eigenvalue weighted by atomic mass is 9.76. The first-order valence-electron chi connectivity index (χ1n) is 14.0. The Morgan fingerprint density at radius 2 is 1.68 bits per heavy atom. The van der Waals surface area contributed by atoms with Gasteiger partial charge in [-0.15, -0.1) is 4.99 Å². The Kier molecular flexibility index (Phi) is 15.5. The second kappa shape index (κ2) is 18.5. The number of rotatable bonds is 13. The highest BCUT2D eigenvalue weighted by Gasteiger charge is 2.30. The van der Waals surface area contributed by atoms with Crippen molar-refractivity contribution in [1.29, 1.82) is 0 Å². The van der Waals surface area contributed by atoms with E-state index in [-0.39, 0.29) is 36.3 Å². The smallest absolute Gasteiger partial charge is 0.436 e. The first-order chi connectivity index (χ1) is 19.6. The van der Waals surface area contributed by atoms with Gasteiger partial charge in [-0.2, -0.15) is 4.99 Å². The summed E-state index contributed by atoms with van der Waals surface area (Å²) in [4.78, 5) is 46.7. The molecule has 1 fully saturated rings. The molecule has 1 aliphatic rings. The molecule has 13 heteroatoms. The minimum Gasteiger partial charge on any atom is -0.447 e. The minimum absolute atomic E-state index is 0.0261. The predicted molar refractivity (Wildman–Crippen MR) is 169 cm³/mol. The second-order valence-corrected chi connectivity index (χ2v) is 13.2. The number of benzene rings is 1. The van der Waals surface area contributed by atoms with Crippen LogP contribution in [0.4, 0.5) is 4.79 Å². The maximum Gasteiger partial charge on any atom is 0.436 e. The number of aliphatic imine (C=N–C) groups is 2. The van der Waals surface area contributed by atoms with E-state index in [9.17, 15) is 14.4 Å². The topological polar surface area (TPSA) is 165 Å². The van der Waals surface area contributed by atoms with Crippen molar-refractivity contribution in [3.63, 3.8) is 0 Å². The Morgan fingerprint density at radius 1 is 1.02 bits per heavy atom. The molecule has 1 atom stereocenters. The number of nitrogens with zero attached hydrogens (tertiary/aromatic N) is 3. The molecule has 0 spiro atoms. The van der Waals surface area contributed by atoms with Crippen molar-refractivity contribution in [2.75, 3.05) is 38.8 Å². The summed E-state index contributed by atoms with van der Waals surface area (Å²) < 4.78 is 5.02. The van der Waals surface area contributed by atoms with Crippen molar-refractivity contribution < 1.29 is 19.1 Å². The Bertz CT molecular complexity index is 1030. The highest BCUT2D eigenvalue weighted by molar-refractivity contribution is 8.76. The number of guanidine groups is 2. The molecule has 41 heavy (non-hydrogen) atoms. The number of nitrogens with one attached hydrogen (secondary N) is 2. The molecule has 0 heterocycles. The Labute approximate surface area is 251 Å². The van der Waals surface area contributed by atoms with E-state index in [4.69, 9.17) is 16.2 Å². The summed E-state index contributed by atoms with van der Waals surface area (Å²) in [5, 5.41) is 6.00. The zero-order valence-corrected chi connectivity index (χ0v) is 26.1. The van der Waals surface area contributed by atoms with Crippen LogP contribution in [-0.2, 0) is 20.7 Å². The van der Waals surface area contributed by atoms with Crippen LogP contribution in [0.1, 0.15) is 45.1 Å². The van der Waals surface area contributed by atoms with Gasteiger partial charge < -0.3 is 31.7 Å². The summed E-state index contributed by atoms with van der Waals surface area (Å²) in [6.07, 6.45) is 3.46. The summed E-state index contributed by atoms with van der Waals surface area (Å²) in [5.74, 6) is 2.08. The molecule has 1 aromatic rings. The average molecular weight is 608 g/mol. The standard InChI is InChI=1S/C28H45N7O4S2/c1-19(2)21-10-12-22(13-11-21)24(36)32-23(18-20-8-6-5-7-9-20)25(37)31-14-16-40-41-17-15-39-28(38)34-26(29)33-27(30)35(3)4/h5-9,19,21-23H,10-18H2,1-4H3,(H,31,37)(H,32,36)(H4,29,30,33,34,38). The van der Waals surface area contributed by atoms with Crippen molar-refractivity contribution in [2.24, 2.45) is 39.2 Å².